The molecule has 0 amide bonds. The molecule has 2 aromatic carbocycles. The molecular formula is C16H16O4. The van der Waals surface area contributed by atoms with Gasteiger partial charge < -0.3 is 14.2 Å². The van der Waals surface area contributed by atoms with Crippen molar-refractivity contribution < 1.29 is 19.0 Å². The predicted molar refractivity (Wildman–Crippen MR) is 76.1 cm³/mol. The zero-order chi connectivity index (χ0) is 14.5. The topological polar surface area (TPSA) is 44.8 Å². The van der Waals surface area contributed by atoms with Gasteiger partial charge in [0.2, 0.25) is 5.75 Å². The highest BCUT2D eigenvalue weighted by Crippen LogP contribution is 2.40. The van der Waals surface area contributed by atoms with Gasteiger partial charge in [0.25, 0.3) is 0 Å². The Bertz CT molecular complexity index is 597. The fourth-order valence-electron chi connectivity index (χ4n) is 1.87. The lowest BCUT2D eigenvalue weighted by molar-refractivity contribution is 0.101. The van der Waals surface area contributed by atoms with Crippen LogP contribution in [0.5, 0.6) is 23.0 Å². The van der Waals surface area contributed by atoms with E-state index in [1.807, 2.05) is 6.07 Å². The number of hydrogen-bond acceptors (Lipinski definition) is 4. The van der Waals surface area contributed by atoms with Crippen molar-refractivity contribution in [2.75, 3.05) is 14.2 Å². The van der Waals surface area contributed by atoms with Gasteiger partial charge >= 0.3 is 0 Å². The number of rotatable bonds is 5. The maximum Gasteiger partial charge on any atom is 0.211 e. The van der Waals surface area contributed by atoms with Crippen molar-refractivity contribution in [3.05, 3.63) is 48.0 Å². The lowest BCUT2D eigenvalue weighted by Gasteiger charge is -2.15. The van der Waals surface area contributed by atoms with Crippen LogP contribution in [0.3, 0.4) is 0 Å². The Morgan fingerprint density at radius 3 is 1.95 bits per heavy atom. The fourth-order valence-corrected chi connectivity index (χ4v) is 1.87. The first-order valence-electron chi connectivity index (χ1n) is 6.16. The van der Waals surface area contributed by atoms with E-state index >= 15 is 0 Å². The van der Waals surface area contributed by atoms with Gasteiger partial charge in [0.05, 0.1) is 19.8 Å². The summed E-state index contributed by atoms with van der Waals surface area (Å²) >= 11 is 0. The Hall–Kier alpha value is -2.49. The Kier molecular flexibility index (Phi) is 4.25. The standard InChI is InChI=1S/C16H16O4/c1-11(17)12-7-4-5-8-13(12)20-16-14(18-2)9-6-10-15(16)19-3/h4-10H,1-3H3. The van der Waals surface area contributed by atoms with Crippen LogP contribution in [0.15, 0.2) is 42.5 Å². The van der Waals surface area contributed by atoms with Gasteiger partial charge in [-0.2, -0.15) is 0 Å². The molecule has 20 heavy (non-hydrogen) atoms. The number of Topliss-reactive ketones (excluding diaryl/α,β-unsaturated/α-hetero) is 1. The minimum atomic E-state index is -0.0607. The van der Waals surface area contributed by atoms with E-state index < -0.39 is 0 Å². The zero-order valence-corrected chi connectivity index (χ0v) is 11.7. The molecule has 0 aliphatic carbocycles. The SMILES string of the molecule is COc1cccc(OC)c1Oc1ccccc1C(C)=O. The zero-order valence-electron chi connectivity index (χ0n) is 11.7. The third kappa shape index (κ3) is 2.74. The first-order valence-corrected chi connectivity index (χ1v) is 6.16. The van der Waals surface area contributed by atoms with E-state index in [2.05, 4.69) is 0 Å². The summed E-state index contributed by atoms with van der Waals surface area (Å²) in [4.78, 5) is 11.6. The quantitative estimate of drug-likeness (QED) is 0.778. The van der Waals surface area contributed by atoms with Crippen LogP contribution < -0.4 is 14.2 Å². The summed E-state index contributed by atoms with van der Waals surface area (Å²) in [6.45, 7) is 1.50. The van der Waals surface area contributed by atoms with Crippen molar-refractivity contribution >= 4 is 5.78 Å². The Morgan fingerprint density at radius 2 is 1.40 bits per heavy atom. The monoisotopic (exact) mass is 272 g/mol. The summed E-state index contributed by atoms with van der Waals surface area (Å²) in [5, 5.41) is 0. The van der Waals surface area contributed by atoms with E-state index in [1.54, 1.807) is 50.6 Å². The highest BCUT2D eigenvalue weighted by molar-refractivity contribution is 5.96. The first kappa shape index (κ1) is 13.9. The maximum atomic E-state index is 11.6. The molecule has 0 N–H and O–H groups in total. The summed E-state index contributed by atoms with van der Waals surface area (Å²) in [7, 11) is 3.11. The first-order chi connectivity index (χ1) is 9.67. The van der Waals surface area contributed by atoms with Gasteiger partial charge in [0, 0.05) is 0 Å². The van der Waals surface area contributed by atoms with Gasteiger partial charge in [-0.15, -0.1) is 0 Å². The van der Waals surface area contributed by atoms with Crippen molar-refractivity contribution in [3.8, 4) is 23.0 Å². The second kappa shape index (κ2) is 6.10. The van der Waals surface area contributed by atoms with Gasteiger partial charge in [-0.25, -0.2) is 0 Å². The number of benzene rings is 2. The summed E-state index contributed by atoms with van der Waals surface area (Å²) < 4.78 is 16.4. The normalized spacial score (nSPS) is 9.95. The molecular weight excluding hydrogens is 256 g/mol. The maximum absolute atomic E-state index is 11.6. The lowest BCUT2D eigenvalue weighted by Crippen LogP contribution is -1.99. The van der Waals surface area contributed by atoms with Crippen LogP contribution in [0.4, 0.5) is 0 Å². The van der Waals surface area contributed by atoms with E-state index in [9.17, 15) is 4.79 Å². The van der Waals surface area contributed by atoms with Crippen molar-refractivity contribution in [3.63, 3.8) is 0 Å². The van der Waals surface area contributed by atoms with Crippen LogP contribution in [-0.4, -0.2) is 20.0 Å². The molecule has 104 valence electrons. The second-order valence-electron chi connectivity index (χ2n) is 4.15. The average Bonchev–Trinajstić information content (AvgIpc) is 2.47. The molecule has 0 aliphatic rings. The lowest BCUT2D eigenvalue weighted by atomic mass is 10.1. The number of ketones is 1. The van der Waals surface area contributed by atoms with E-state index in [4.69, 9.17) is 14.2 Å². The minimum absolute atomic E-state index is 0.0607. The smallest absolute Gasteiger partial charge is 0.211 e. The molecule has 0 aromatic heterocycles. The van der Waals surface area contributed by atoms with Gasteiger partial charge in [-0.3, -0.25) is 4.79 Å². The Labute approximate surface area is 117 Å². The molecule has 0 radical (unpaired) electrons. The summed E-state index contributed by atoms with van der Waals surface area (Å²) in [5.74, 6) is 1.95. The van der Waals surface area contributed by atoms with Crippen LogP contribution in [0.2, 0.25) is 0 Å². The number of methoxy groups -OCH3 is 2. The Morgan fingerprint density at radius 1 is 0.850 bits per heavy atom. The summed E-state index contributed by atoms with van der Waals surface area (Å²) in [5.41, 5.74) is 0.514. The van der Waals surface area contributed by atoms with Crippen LogP contribution in [0.1, 0.15) is 17.3 Å². The molecule has 0 unspecified atom stereocenters. The molecule has 0 saturated heterocycles. The molecule has 0 atom stereocenters. The largest absolute Gasteiger partial charge is 0.493 e. The molecule has 0 bridgehead atoms. The summed E-state index contributed by atoms with van der Waals surface area (Å²) in [6, 6.07) is 12.4. The molecule has 0 fully saturated rings. The Balaban J connectivity index is 2.47. The van der Waals surface area contributed by atoms with Crippen molar-refractivity contribution in [2.24, 2.45) is 0 Å². The van der Waals surface area contributed by atoms with Gasteiger partial charge in [0.1, 0.15) is 5.75 Å². The van der Waals surface area contributed by atoms with Gasteiger partial charge in [0.15, 0.2) is 17.3 Å². The van der Waals surface area contributed by atoms with Gasteiger partial charge in [-0.1, -0.05) is 18.2 Å². The van der Waals surface area contributed by atoms with E-state index in [-0.39, 0.29) is 5.78 Å². The van der Waals surface area contributed by atoms with Gasteiger partial charge in [-0.05, 0) is 31.2 Å². The second-order valence-corrected chi connectivity index (χ2v) is 4.15. The van der Waals surface area contributed by atoms with Crippen LogP contribution >= 0.6 is 0 Å². The number of hydrogen-bond donors (Lipinski definition) is 0. The van der Waals surface area contributed by atoms with E-state index in [0.717, 1.165) is 0 Å². The average molecular weight is 272 g/mol. The molecule has 0 spiro atoms. The molecule has 4 heteroatoms. The molecule has 0 aliphatic heterocycles. The number of carbonyl (C=O) groups excluding carboxylic acids is 1. The van der Waals surface area contributed by atoms with Crippen LogP contribution in [-0.2, 0) is 0 Å². The van der Waals surface area contributed by atoms with Crippen molar-refractivity contribution in [1.29, 1.82) is 0 Å². The molecule has 4 nitrogen and oxygen atoms in total. The van der Waals surface area contributed by atoms with E-state index in [0.29, 0.717) is 28.6 Å². The highest BCUT2D eigenvalue weighted by atomic mass is 16.5. The van der Waals surface area contributed by atoms with E-state index in [1.165, 1.54) is 6.92 Å². The third-order valence-corrected chi connectivity index (χ3v) is 2.86. The fraction of sp³-hybridized carbons (Fsp3) is 0.188. The number of para-hydroxylation sites is 2. The van der Waals surface area contributed by atoms with Crippen LogP contribution in [0.25, 0.3) is 0 Å². The molecule has 2 aromatic rings. The van der Waals surface area contributed by atoms with Crippen molar-refractivity contribution in [2.45, 2.75) is 6.92 Å². The van der Waals surface area contributed by atoms with Crippen LogP contribution in [0, 0.1) is 0 Å². The van der Waals surface area contributed by atoms with Crippen molar-refractivity contribution in [1.82, 2.24) is 0 Å². The highest BCUT2D eigenvalue weighted by Gasteiger charge is 2.15. The third-order valence-electron chi connectivity index (χ3n) is 2.86. The number of carbonyl (C=O) groups is 1. The summed E-state index contributed by atoms with van der Waals surface area (Å²) in [6.07, 6.45) is 0. The number of ether oxygens (including phenoxy) is 3. The molecule has 0 saturated carbocycles. The molecule has 0 heterocycles. The predicted octanol–water partition coefficient (Wildman–Crippen LogP) is 3.70. The molecule has 2 rings (SSSR count). The minimum Gasteiger partial charge on any atom is -0.493 e.